The number of carbonyl (C=O) groups excluding carboxylic acids is 1. The smallest absolute Gasteiger partial charge is 0.272 e. The van der Waals surface area contributed by atoms with Gasteiger partial charge in [0.25, 0.3) is 5.91 Å². The largest absolute Gasteiger partial charge is 0.492 e. The van der Waals surface area contributed by atoms with Gasteiger partial charge in [-0.05, 0) is 29.5 Å². The number of rotatable bonds is 7. The first-order valence-electron chi connectivity index (χ1n) is 11.7. The van der Waals surface area contributed by atoms with Crippen LogP contribution in [0.1, 0.15) is 34.5 Å². The summed E-state index contributed by atoms with van der Waals surface area (Å²) < 4.78 is 7.90. The highest BCUT2D eigenvalue weighted by Crippen LogP contribution is 2.38. The van der Waals surface area contributed by atoms with Gasteiger partial charge in [0.2, 0.25) is 0 Å². The number of aromatic nitrogens is 2. The van der Waals surface area contributed by atoms with Crippen LogP contribution in [0.25, 0.3) is 11.1 Å². The third-order valence-corrected chi connectivity index (χ3v) is 6.62. The molecule has 2 aliphatic rings. The average Bonchev–Trinajstić information content (AvgIpc) is 3.52. The summed E-state index contributed by atoms with van der Waals surface area (Å²) in [4.78, 5) is 19.5. The van der Waals surface area contributed by atoms with E-state index in [1.165, 1.54) is 5.56 Å². The molecule has 0 unspecified atom stereocenters. The lowest BCUT2D eigenvalue weighted by Gasteiger charge is -2.32. The summed E-state index contributed by atoms with van der Waals surface area (Å²) in [5, 5.41) is 12.3. The van der Waals surface area contributed by atoms with Crippen LogP contribution < -0.4 is 10.1 Å². The molecule has 2 aliphatic heterocycles. The van der Waals surface area contributed by atoms with Crippen molar-refractivity contribution in [3.8, 4) is 16.9 Å². The summed E-state index contributed by atoms with van der Waals surface area (Å²) in [5.74, 6) is 0.999. The summed E-state index contributed by atoms with van der Waals surface area (Å²) in [6.07, 6.45) is 6.14. The van der Waals surface area contributed by atoms with E-state index in [1.54, 1.807) is 12.5 Å². The highest BCUT2D eigenvalue weighted by Gasteiger charge is 2.26. The lowest BCUT2D eigenvalue weighted by atomic mass is 9.96. The van der Waals surface area contributed by atoms with E-state index in [4.69, 9.17) is 9.84 Å². The Morgan fingerprint density at radius 3 is 2.79 bits per heavy atom. The number of hydrogen-bond acceptors (Lipinski definition) is 5. The normalized spacial score (nSPS) is 16.0. The van der Waals surface area contributed by atoms with Gasteiger partial charge in [0.05, 0.1) is 25.7 Å². The van der Waals surface area contributed by atoms with Gasteiger partial charge in [-0.15, -0.1) is 0 Å². The van der Waals surface area contributed by atoms with Crippen molar-refractivity contribution in [1.29, 1.82) is 0 Å². The SMILES string of the molecule is O=C(c1cncn1Cc1ccccc1-c1cccc2c1OCC2)N1CCC(NCCO)CC1. The monoisotopic (exact) mass is 446 g/mol. The van der Waals surface area contributed by atoms with Crippen molar-refractivity contribution >= 4 is 5.91 Å². The molecule has 7 nitrogen and oxygen atoms in total. The number of amides is 1. The number of nitrogens with one attached hydrogen (secondary N) is 1. The lowest BCUT2D eigenvalue weighted by molar-refractivity contribution is 0.0693. The maximum Gasteiger partial charge on any atom is 0.272 e. The standard InChI is InChI=1S/C26H30N4O3/c31-14-11-28-21-8-12-29(13-9-21)26(32)24-16-27-18-30(24)17-20-4-1-2-6-22(20)23-7-3-5-19-10-15-33-25(19)23/h1-7,16,18,21,28,31H,8-15,17H2. The van der Waals surface area contributed by atoms with Crippen molar-refractivity contribution in [3.63, 3.8) is 0 Å². The molecule has 3 aromatic rings. The topological polar surface area (TPSA) is 79.6 Å². The second-order valence-electron chi connectivity index (χ2n) is 8.70. The van der Waals surface area contributed by atoms with Gasteiger partial charge < -0.3 is 24.6 Å². The Morgan fingerprint density at radius 1 is 1.12 bits per heavy atom. The van der Waals surface area contributed by atoms with E-state index in [0.29, 0.717) is 37.9 Å². The summed E-state index contributed by atoms with van der Waals surface area (Å²) in [6, 6.07) is 15.0. The Kier molecular flexibility index (Phi) is 6.41. The maximum absolute atomic E-state index is 13.3. The molecule has 1 fully saturated rings. The van der Waals surface area contributed by atoms with Gasteiger partial charge in [0, 0.05) is 44.2 Å². The van der Waals surface area contributed by atoms with E-state index < -0.39 is 0 Å². The fourth-order valence-electron chi connectivity index (χ4n) is 4.87. The Balaban J connectivity index is 1.35. The molecule has 0 radical (unpaired) electrons. The van der Waals surface area contributed by atoms with Crippen LogP contribution in [0.15, 0.2) is 55.0 Å². The van der Waals surface area contributed by atoms with E-state index in [-0.39, 0.29) is 12.5 Å². The molecule has 1 saturated heterocycles. The number of para-hydroxylation sites is 1. The van der Waals surface area contributed by atoms with E-state index in [1.807, 2.05) is 21.6 Å². The first-order valence-corrected chi connectivity index (χ1v) is 11.7. The molecular formula is C26H30N4O3. The molecule has 1 aromatic heterocycles. The van der Waals surface area contributed by atoms with Crippen LogP contribution in [0.5, 0.6) is 5.75 Å². The summed E-state index contributed by atoms with van der Waals surface area (Å²) in [5.41, 5.74) is 5.21. The van der Waals surface area contributed by atoms with Gasteiger partial charge in [-0.25, -0.2) is 4.98 Å². The quantitative estimate of drug-likeness (QED) is 0.584. The van der Waals surface area contributed by atoms with Crippen molar-refractivity contribution in [3.05, 3.63) is 71.8 Å². The molecule has 5 rings (SSSR count). The van der Waals surface area contributed by atoms with Gasteiger partial charge in [-0.3, -0.25) is 4.79 Å². The van der Waals surface area contributed by atoms with Gasteiger partial charge in [0.1, 0.15) is 11.4 Å². The number of nitrogens with zero attached hydrogens (tertiary/aromatic N) is 3. The zero-order valence-electron chi connectivity index (χ0n) is 18.7. The van der Waals surface area contributed by atoms with Crippen LogP contribution in [0.2, 0.25) is 0 Å². The van der Waals surface area contributed by atoms with Gasteiger partial charge in [0.15, 0.2) is 0 Å². The Labute approximate surface area is 194 Å². The van der Waals surface area contributed by atoms with Crippen molar-refractivity contribution in [2.24, 2.45) is 0 Å². The fraction of sp³-hybridized carbons (Fsp3) is 0.385. The number of hydrogen-bond donors (Lipinski definition) is 2. The third-order valence-electron chi connectivity index (χ3n) is 6.62. The number of piperidine rings is 1. The number of aliphatic hydroxyl groups excluding tert-OH is 1. The predicted octanol–water partition coefficient (Wildman–Crippen LogP) is 2.72. The predicted molar refractivity (Wildman–Crippen MR) is 126 cm³/mol. The molecule has 0 saturated carbocycles. The Bertz CT molecular complexity index is 1120. The van der Waals surface area contributed by atoms with E-state index in [9.17, 15) is 4.79 Å². The van der Waals surface area contributed by atoms with Crippen molar-refractivity contribution in [2.45, 2.75) is 31.8 Å². The molecule has 2 aromatic carbocycles. The molecule has 0 atom stereocenters. The molecule has 172 valence electrons. The highest BCUT2D eigenvalue weighted by molar-refractivity contribution is 5.92. The highest BCUT2D eigenvalue weighted by atomic mass is 16.5. The fourth-order valence-corrected chi connectivity index (χ4v) is 4.87. The minimum atomic E-state index is 0.0227. The van der Waals surface area contributed by atoms with Gasteiger partial charge in [-0.1, -0.05) is 42.5 Å². The number of ether oxygens (including phenoxy) is 1. The summed E-state index contributed by atoms with van der Waals surface area (Å²) in [7, 11) is 0. The van der Waals surface area contributed by atoms with Crippen molar-refractivity contribution < 1.29 is 14.6 Å². The minimum Gasteiger partial charge on any atom is -0.492 e. The Morgan fingerprint density at radius 2 is 1.94 bits per heavy atom. The number of fused-ring (bicyclic) bond motifs is 1. The van der Waals surface area contributed by atoms with Crippen LogP contribution in [0.3, 0.4) is 0 Å². The first-order chi connectivity index (χ1) is 16.2. The lowest BCUT2D eigenvalue weighted by Crippen LogP contribution is -2.45. The second-order valence-corrected chi connectivity index (χ2v) is 8.70. The second kappa shape index (κ2) is 9.77. The molecule has 1 amide bonds. The van der Waals surface area contributed by atoms with E-state index >= 15 is 0 Å². The molecular weight excluding hydrogens is 416 g/mol. The van der Waals surface area contributed by atoms with Crippen molar-refractivity contribution in [1.82, 2.24) is 19.8 Å². The van der Waals surface area contributed by atoms with Crippen LogP contribution >= 0.6 is 0 Å². The molecule has 3 heterocycles. The summed E-state index contributed by atoms with van der Waals surface area (Å²) >= 11 is 0. The van der Waals surface area contributed by atoms with Crippen LogP contribution in [0.4, 0.5) is 0 Å². The minimum absolute atomic E-state index is 0.0227. The number of benzene rings is 2. The maximum atomic E-state index is 13.3. The van der Waals surface area contributed by atoms with E-state index in [0.717, 1.165) is 48.3 Å². The van der Waals surface area contributed by atoms with Gasteiger partial charge >= 0.3 is 0 Å². The van der Waals surface area contributed by atoms with Crippen LogP contribution in [-0.4, -0.2) is 64.4 Å². The first kappa shape index (κ1) is 21.7. The molecule has 33 heavy (non-hydrogen) atoms. The van der Waals surface area contributed by atoms with Crippen LogP contribution in [0, 0.1) is 0 Å². The summed E-state index contributed by atoms with van der Waals surface area (Å²) in [6.45, 7) is 3.43. The molecule has 2 N–H and O–H groups in total. The molecule has 0 bridgehead atoms. The molecule has 0 aliphatic carbocycles. The number of aliphatic hydroxyl groups is 1. The van der Waals surface area contributed by atoms with Gasteiger partial charge in [-0.2, -0.15) is 0 Å². The average molecular weight is 447 g/mol. The third kappa shape index (κ3) is 4.51. The van der Waals surface area contributed by atoms with Crippen LogP contribution in [-0.2, 0) is 13.0 Å². The molecule has 7 heteroatoms. The Hall–Kier alpha value is -3.16. The molecule has 0 spiro atoms. The zero-order valence-corrected chi connectivity index (χ0v) is 18.7. The number of carbonyl (C=O) groups is 1. The van der Waals surface area contributed by atoms with E-state index in [2.05, 4.69) is 40.6 Å². The number of likely N-dealkylation sites (tertiary alicyclic amines) is 1. The zero-order chi connectivity index (χ0) is 22.6. The van der Waals surface area contributed by atoms with Crippen molar-refractivity contribution in [2.75, 3.05) is 32.8 Å². The number of imidazole rings is 1.